The van der Waals surface area contributed by atoms with Gasteiger partial charge in [0.05, 0.1) is 5.56 Å². The molecule has 0 spiro atoms. The van der Waals surface area contributed by atoms with Crippen molar-refractivity contribution in [3.8, 4) is 5.75 Å². The molecule has 1 atom stereocenters. The lowest BCUT2D eigenvalue weighted by molar-refractivity contribution is -0.152. The van der Waals surface area contributed by atoms with E-state index in [9.17, 15) is 22.8 Å². The second-order valence-electron chi connectivity index (χ2n) is 5.25. The summed E-state index contributed by atoms with van der Waals surface area (Å²) >= 11 is 0. The minimum Gasteiger partial charge on any atom is -0.484 e. The molecule has 1 aliphatic rings. The SMILES string of the molecule is O=C(O)[C@H]1CCCCN1C(=O)COc1cccc(C(F)(F)F)c1. The number of carboxylic acid groups (broad SMARTS) is 1. The van der Waals surface area contributed by atoms with Gasteiger partial charge in [0.25, 0.3) is 5.91 Å². The Morgan fingerprint density at radius 2 is 2.04 bits per heavy atom. The normalized spacial score (nSPS) is 18.6. The van der Waals surface area contributed by atoms with Crippen LogP contribution in [0.5, 0.6) is 5.75 Å². The van der Waals surface area contributed by atoms with E-state index >= 15 is 0 Å². The Bertz CT molecular complexity index is 588. The Kier molecular flexibility index (Phi) is 5.12. The van der Waals surface area contributed by atoms with Crippen LogP contribution >= 0.6 is 0 Å². The zero-order valence-electron chi connectivity index (χ0n) is 12.2. The summed E-state index contributed by atoms with van der Waals surface area (Å²) in [6.07, 6.45) is -2.72. The van der Waals surface area contributed by atoms with Crippen LogP contribution < -0.4 is 4.74 Å². The van der Waals surface area contributed by atoms with Crippen molar-refractivity contribution in [2.24, 2.45) is 0 Å². The average Bonchev–Trinajstić information content (AvgIpc) is 2.52. The van der Waals surface area contributed by atoms with Crippen LogP contribution in [0.25, 0.3) is 0 Å². The van der Waals surface area contributed by atoms with Crippen LogP contribution in [0.3, 0.4) is 0 Å². The third-order valence-corrected chi connectivity index (χ3v) is 3.63. The number of amides is 1. The zero-order chi connectivity index (χ0) is 17.0. The fourth-order valence-corrected chi connectivity index (χ4v) is 2.48. The Hall–Kier alpha value is -2.25. The number of likely N-dealkylation sites (tertiary alicyclic amines) is 1. The highest BCUT2D eigenvalue weighted by molar-refractivity contribution is 5.84. The second-order valence-corrected chi connectivity index (χ2v) is 5.25. The standard InChI is InChI=1S/C15H16F3NO4/c16-15(17,18)10-4-3-5-11(8-10)23-9-13(20)19-7-2-1-6-12(19)14(21)22/h3-5,8,12H,1-2,6-7,9H2,(H,21,22)/t12-/m1/s1. The molecule has 23 heavy (non-hydrogen) atoms. The van der Waals surface area contributed by atoms with Gasteiger partial charge in [-0.2, -0.15) is 13.2 Å². The summed E-state index contributed by atoms with van der Waals surface area (Å²) in [7, 11) is 0. The largest absolute Gasteiger partial charge is 0.484 e. The van der Waals surface area contributed by atoms with Gasteiger partial charge in [0.2, 0.25) is 0 Å². The van der Waals surface area contributed by atoms with Gasteiger partial charge < -0.3 is 14.7 Å². The lowest BCUT2D eigenvalue weighted by atomic mass is 10.0. The summed E-state index contributed by atoms with van der Waals surface area (Å²) in [6, 6.07) is 3.30. The van der Waals surface area contributed by atoms with Crippen LogP contribution in [0, 0.1) is 0 Å². The van der Waals surface area contributed by atoms with Gasteiger partial charge in [-0.25, -0.2) is 4.79 Å². The number of benzene rings is 1. The molecule has 5 nitrogen and oxygen atoms in total. The Labute approximate surface area is 130 Å². The number of hydrogen-bond acceptors (Lipinski definition) is 3. The molecular weight excluding hydrogens is 315 g/mol. The molecule has 1 N–H and O–H groups in total. The number of aliphatic carboxylic acids is 1. The molecule has 8 heteroatoms. The third kappa shape index (κ3) is 4.37. The zero-order valence-corrected chi connectivity index (χ0v) is 12.2. The van der Waals surface area contributed by atoms with E-state index in [2.05, 4.69) is 0 Å². The molecule has 1 aromatic carbocycles. The first-order chi connectivity index (χ1) is 10.8. The molecule has 0 bridgehead atoms. The van der Waals surface area contributed by atoms with E-state index in [-0.39, 0.29) is 5.75 Å². The highest BCUT2D eigenvalue weighted by Gasteiger charge is 2.33. The van der Waals surface area contributed by atoms with Crippen molar-refractivity contribution in [1.82, 2.24) is 4.90 Å². The number of carboxylic acids is 1. The molecule has 0 saturated carbocycles. The lowest BCUT2D eigenvalue weighted by Crippen LogP contribution is -2.49. The van der Waals surface area contributed by atoms with Crippen molar-refractivity contribution in [1.29, 1.82) is 0 Å². The summed E-state index contributed by atoms with van der Waals surface area (Å²) in [5.74, 6) is -1.72. The van der Waals surface area contributed by atoms with E-state index in [0.717, 1.165) is 18.6 Å². The quantitative estimate of drug-likeness (QED) is 0.921. The first-order valence-corrected chi connectivity index (χ1v) is 7.11. The minimum absolute atomic E-state index is 0.0861. The van der Waals surface area contributed by atoms with E-state index in [0.29, 0.717) is 19.4 Å². The number of carbonyl (C=O) groups is 2. The van der Waals surface area contributed by atoms with Gasteiger partial charge in [0.15, 0.2) is 6.61 Å². The highest BCUT2D eigenvalue weighted by Crippen LogP contribution is 2.31. The molecule has 0 unspecified atom stereocenters. The summed E-state index contributed by atoms with van der Waals surface area (Å²) < 4.78 is 42.9. The number of piperidine rings is 1. The van der Waals surface area contributed by atoms with Gasteiger partial charge in [0, 0.05) is 6.54 Å². The number of ether oxygens (including phenoxy) is 1. The molecule has 1 aliphatic heterocycles. The predicted octanol–water partition coefficient (Wildman–Crippen LogP) is 2.55. The van der Waals surface area contributed by atoms with E-state index in [4.69, 9.17) is 9.84 Å². The number of hydrogen-bond donors (Lipinski definition) is 1. The molecule has 1 fully saturated rings. The van der Waals surface area contributed by atoms with Crippen LogP contribution in [0.1, 0.15) is 24.8 Å². The van der Waals surface area contributed by atoms with E-state index in [1.165, 1.54) is 17.0 Å². The van der Waals surface area contributed by atoms with Gasteiger partial charge in [-0.1, -0.05) is 6.07 Å². The van der Waals surface area contributed by atoms with Crippen molar-refractivity contribution in [2.75, 3.05) is 13.2 Å². The monoisotopic (exact) mass is 331 g/mol. The molecule has 1 amide bonds. The van der Waals surface area contributed by atoms with Crippen molar-refractivity contribution in [3.63, 3.8) is 0 Å². The van der Waals surface area contributed by atoms with Crippen LogP contribution in [0.4, 0.5) is 13.2 Å². The van der Waals surface area contributed by atoms with Crippen LogP contribution in [-0.4, -0.2) is 41.1 Å². The number of nitrogens with zero attached hydrogens (tertiary/aromatic N) is 1. The van der Waals surface area contributed by atoms with E-state index < -0.39 is 36.3 Å². The second kappa shape index (κ2) is 6.89. The van der Waals surface area contributed by atoms with Crippen LogP contribution in [0.2, 0.25) is 0 Å². The summed E-state index contributed by atoms with van der Waals surface area (Å²) in [6.45, 7) is -0.188. The molecule has 1 aromatic rings. The Balaban J connectivity index is 2.00. The minimum atomic E-state index is -4.50. The van der Waals surface area contributed by atoms with Gasteiger partial charge in [-0.05, 0) is 37.5 Å². The lowest BCUT2D eigenvalue weighted by Gasteiger charge is -2.32. The summed E-state index contributed by atoms with van der Waals surface area (Å²) in [5.41, 5.74) is -0.871. The Morgan fingerprint density at radius 1 is 1.30 bits per heavy atom. The maximum atomic E-state index is 12.6. The fourth-order valence-electron chi connectivity index (χ4n) is 2.48. The third-order valence-electron chi connectivity index (χ3n) is 3.63. The van der Waals surface area contributed by atoms with E-state index in [1.54, 1.807) is 0 Å². The van der Waals surface area contributed by atoms with Crippen LogP contribution in [0.15, 0.2) is 24.3 Å². The molecule has 126 valence electrons. The average molecular weight is 331 g/mol. The number of rotatable bonds is 4. The molecule has 0 aliphatic carbocycles. The molecular formula is C15H16F3NO4. The molecule has 0 radical (unpaired) electrons. The fraction of sp³-hybridized carbons (Fsp3) is 0.467. The van der Waals surface area contributed by atoms with Crippen molar-refractivity contribution in [2.45, 2.75) is 31.5 Å². The molecule has 0 aromatic heterocycles. The Morgan fingerprint density at radius 3 is 2.70 bits per heavy atom. The van der Waals surface area contributed by atoms with Gasteiger partial charge in [-0.15, -0.1) is 0 Å². The molecule has 2 rings (SSSR count). The van der Waals surface area contributed by atoms with Gasteiger partial charge in [0.1, 0.15) is 11.8 Å². The van der Waals surface area contributed by atoms with Crippen molar-refractivity contribution >= 4 is 11.9 Å². The number of carbonyl (C=O) groups excluding carboxylic acids is 1. The maximum Gasteiger partial charge on any atom is 0.416 e. The van der Waals surface area contributed by atoms with Crippen molar-refractivity contribution in [3.05, 3.63) is 29.8 Å². The van der Waals surface area contributed by atoms with Crippen LogP contribution in [-0.2, 0) is 15.8 Å². The molecule has 1 saturated heterocycles. The first kappa shape index (κ1) is 17.1. The predicted molar refractivity (Wildman–Crippen MR) is 73.9 cm³/mol. The number of halogens is 3. The maximum absolute atomic E-state index is 12.6. The summed E-state index contributed by atoms with van der Waals surface area (Å²) in [4.78, 5) is 24.4. The van der Waals surface area contributed by atoms with Gasteiger partial charge >= 0.3 is 12.1 Å². The number of alkyl halides is 3. The van der Waals surface area contributed by atoms with Crippen molar-refractivity contribution < 1.29 is 32.6 Å². The van der Waals surface area contributed by atoms with E-state index in [1.807, 2.05) is 0 Å². The van der Waals surface area contributed by atoms with Gasteiger partial charge in [-0.3, -0.25) is 4.79 Å². The smallest absolute Gasteiger partial charge is 0.416 e. The summed E-state index contributed by atoms with van der Waals surface area (Å²) in [5, 5.41) is 9.11. The first-order valence-electron chi connectivity index (χ1n) is 7.11. The topological polar surface area (TPSA) is 66.8 Å². The highest BCUT2D eigenvalue weighted by atomic mass is 19.4. The molecule has 1 heterocycles.